The highest BCUT2D eigenvalue weighted by molar-refractivity contribution is 7.92. The summed E-state index contributed by atoms with van der Waals surface area (Å²) in [6.07, 6.45) is 0. The third kappa shape index (κ3) is 3.81. The number of amides is 1. The topological polar surface area (TPSA) is 75.7 Å². The minimum Gasteiger partial charge on any atom is -0.495 e. The highest BCUT2D eigenvalue weighted by Crippen LogP contribution is 2.26. The van der Waals surface area contributed by atoms with Gasteiger partial charge in [0.1, 0.15) is 5.75 Å². The lowest BCUT2D eigenvalue weighted by Crippen LogP contribution is -2.22. The second-order valence-corrected chi connectivity index (χ2v) is 6.56. The van der Waals surface area contributed by atoms with Crippen LogP contribution >= 0.6 is 0 Å². The summed E-state index contributed by atoms with van der Waals surface area (Å²) in [4.78, 5) is 12.9. The molecule has 0 spiro atoms. The van der Waals surface area contributed by atoms with Crippen molar-refractivity contribution < 1.29 is 17.9 Å². The summed E-state index contributed by atoms with van der Waals surface area (Å²) < 4.78 is 32.5. The molecular formula is C16H18N2O4S. The first kappa shape index (κ1) is 16.8. The average Bonchev–Trinajstić information content (AvgIpc) is 2.54. The van der Waals surface area contributed by atoms with Gasteiger partial charge in [-0.25, -0.2) is 8.42 Å². The molecule has 1 amide bonds. The number of para-hydroxylation sites is 2. The van der Waals surface area contributed by atoms with E-state index in [1.165, 1.54) is 31.1 Å². The van der Waals surface area contributed by atoms with Crippen molar-refractivity contribution in [3.63, 3.8) is 0 Å². The van der Waals surface area contributed by atoms with Crippen LogP contribution in [0.4, 0.5) is 11.4 Å². The molecule has 2 aromatic rings. The predicted molar refractivity (Wildman–Crippen MR) is 89.3 cm³/mol. The van der Waals surface area contributed by atoms with Gasteiger partial charge in [0.2, 0.25) is 5.91 Å². The number of anilines is 2. The van der Waals surface area contributed by atoms with Gasteiger partial charge in [-0.1, -0.05) is 12.1 Å². The van der Waals surface area contributed by atoms with E-state index in [2.05, 4.69) is 4.72 Å². The van der Waals surface area contributed by atoms with E-state index in [9.17, 15) is 13.2 Å². The Labute approximate surface area is 135 Å². The van der Waals surface area contributed by atoms with Crippen molar-refractivity contribution in [3.8, 4) is 5.75 Å². The summed E-state index contributed by atoms with van der Waals surface area (Å²) in [5.74, 6) is 0.303. The van der Waals surface area contributed by atoms with Crippen molar-refractivity contribution >= 4 is 27.3 Å². The molecule has 0 atom stereocenters. The first-order valence-electron chi connectivity index (χ1n) is 6.85. The van der Waals surface area contributed by atoms with Crippen molar-refractivity contribution in [2.75, 3.05) is 23.8 Å². The molecule has 0 heterocycles. The Morgan fingerprint density at radius 2 is 1.70 bits per heavy atom. The number of rotatable bonds is 5. The summed E-state index contributed by atoms with van der Waals surface area (Å²) in [6.45, 7) is 1.44. The molecule has 122 valence electrons. The number of hydrogen-bond donors (Lipinski definition) is 1. The zero-order valence-electron chi connectivity index (χ0n) is 13.1. The molecular weight excluding hydrogens is 316 g/mol. The van der Waals surface area contributed by atoms with Gasteiger partial charge in [-0.05, 0) is 36.4 Å². The molecule has 0 aliphatic heterocycles. The van der Waals surface area contributed by atoms with Gasteiger partial charge >= 0.3 is 0 Å². The largest absolute Gasteiger partial charge is 0.495 e. The number of methoxy groups -OCH3 is 1. The minimum absolute atomic E-state index is 0.101. The van der Waals surface area contributed by atoms with Gasteiger partial charge in [0.05, 0.1) is 17.7 Å². The number of benzene rings is 2. The fourth-order valence-electron chi connectivity index (χ4n) is 1.96. The molecule has 6 nitrogen and oxygen atoms in total. The van der Waals surface area contributed by atoms with Crippen molar-refractivity contribution in [3.05, 3.63) is 48.5 Å². The zero-order chi connectivity index (χ0) is 17.0. The Bertz CT molecular complexity index is 801. The van der Waals surface area contributed by atoms with Crippen LogP contribution in [-0.2, 0) is 14.8 Å². The third-order valence-corrected chi connectivity index (χ3v) is 4.74. The highest BCUT2D eigenvalue weighted by Gasteiger charge is 2.17. The van der Waals surface area contributed by atoms with Gasteiger partial charge in [0.15, 0.2) is 0 Å². The van der Waals surface area contributed by atoms with E-state index in [-0.39, 0.29) is 10.8 Å². The van der Waals surface area contributed by atoms with Gasteiger partial charge < -0.3 is 9.64 Å². The van der Waals surface area contributed by atoms with Gasteiger partial charge in [0.25, 0.3) is 10.0 Å². The van der Waals surface area contributed by atoms with E-state index in [1.807, 2.05) is 0 Å². The quantitative estimate of drug-likeness (QED) is 0.911. The smallest absolute Gasteiger partial charge is 0.262 e. The molecule has 1 N–H and O–H groups in total. The van der Waals surface area contributed by atoms with Crippen molar-refractivity contribution in [2.45, 2.75) is 11.8 Å². The number of ether oxygens (including phenoxy) is 1. The number of nitrogens with zero attached hydrogens (tertiary/aromatic N) is 1. The normalized spacial score (nSPS) is 10.9. The Kier molecular flexibility index (Phi) is 4.90. The van der Waals surface area contributed by atoms with Gasteiger partial charge in [-0.3, -0.25) is 9.52 Å². The molecule has 0 unspecified atom stereocenters. The predicted octanol–water partition coefficient (Wildman–Crippen LogP) is 2.48. The van der Waals surface area contributed by atoms with E-state index in [4.69, 9.17) is 4.74 Å². The average molecular weight is 334 g/mol. The van der Waals surface area contributed by atoms with Crippen LogP contribution in [0.5, 0.6) is 5.75 Å². The van der Waals surface area contributed by atoms with Crippen LogP contribution in [0, 0.1) is 0 Å². The standard InChI is InChI=1S/C16H18N2O4S/c1-12(19)18(2)13-8-10-14(11-9-13)23(20,21)17-15-6-4-5-7-16(15)22-3/h4-11,17H,1-3H3. The number of hydrogen-bond acceptors (Lipinski definition) is 4. The second kappa shape index (κ2) is 6.70. The maximum absolute atomic E-state index is 12.4. The SMILES string of the molecule is COc1ccccc1NS(=O)(=O)c1ccc(N(C)C(C)=O)cc1. The van der Waals surface area contributed by atoms with Crippen LogP contribution in [0.25, 0.3) is 0 Å². The Hall–Kier alpha value is -2.54. The summed E-state index contributed by atoms with van der Waals surface area (Å²) in [6, 6.07) is 12.8. The van der Waals surface area contributed by atoms with E-state index in [0.717, 1.165) is 0 Å². The van der Waals surface area contributed by atoms with Crippen molar-refractivity contribution in [1.29, 1.82) is 0 Å². The summed E-state index contributed by atoms with van der Waals surface area (Å²) in [7, 11) is -0.646. The lowest BCUT2D eigenvalue weighted by molar-refractivity contribution is -0.116. The van der Waals surface area contributed by atoms with Crippen LogP contribution in [0.1, 0.15) is 6.92 Å². The lowest BCUT2D eigenvalue weighted by Gasteiger charge is -2.16. The number of sulfonamides is 1. The number of carbonyl (C=O) groups excluding carboxylic acids is 1. The fraction of sp³-hybridized carbons (Fsp3) is 0.188. The highest BCUT2D eigenvalue weighted by atomic mass is 32.2. The molecule has 2 aromatic carbocycles. The molecule has 0 fully saturated rings. The molecule has 0 saturated heterocycles. The lowest BCUT2D eigenvalue weighted by atomic mass is 10.3. The monoisotopic (exact) mass is 334 g/mol. The van der Waals surface area contributed by atoms with Crippen LogP contribution in [0.2, 0.25) is 0 Å². The molecule has 0 aliphatic carbocycles. The van der Waals surface area contributed by atoms with Crippen LogP contribution in [-0.4, -0.2) is 28.5 Å². The van der Waals surface area contributed by atoms with Crippen LogP contribution < -0.4 is 14.4 Å². The Morgan fingerprint density at radius 3 is 2.26 bits per heavy atom. The Balaban J connectivity index is 2.28. The van der Waals surface area contributed by atoms with Crippen LogP contribution in [0.15, 0.2) is 53.4 Å². The van der Waals surface area contributed by atoms with Gasteiger partial charge in [0, 0.05) is 19.7 Å². The summed E-state index contributed by atoms with van der Waals surface area (Å²) in [5, 5.41) is 0. The molecule has 23 heavy (non-hydrogen) atoms. The van der Waals surface area contributed by atoms with Crippen molar-refractivity contribution in [1.82, 2.24) is 0 Å². The molecule has 0 aromatic heterocycles. The molecule has 0 saturated carbocycles. The molecule has 0 bridgehead atoms. The number of carbonyl (C=O) groups is 1. The van der Waals surface area contributed by atoms with Gasteiger partial charge in [-0.15, -0.1) is 0 Å². The van der Waals surface area contributed by atoms with E-state index in [1.54, 1.807) is 43.4 Å². The first-order valence-corrected chi connectivity index (χ1v) is 8.33. The maximum Gasteiger partial charge on any atom is 0.262 e. The second-order valence-electron chi connectivity index (χ2n) is 4.88. The van der Waals surface area contributed by atoms with E-state index in [0.29, 0.717) is 17.1 Å². The molecule has 2 rings (SSSR count). The van der Waals surface area contributed by atoms with E-state index >= 15 is 0 Å². The minimum atomic E-state index is -3.74. The van der Waals surface area contributed by atoms with E-state index < -0.39 is 10.0 Å². The van der Waals surface area contributed by atoms with Crippen molar-refractivity contribution in [2.24, 2.45) is 0 Å². The summed E-state index contributed by atoms with van der Waals surface area (Å²) >= 11 is 0. The zero-order valence-corrected chi connectivity index (χ0v) is 13.9. The number of nitrogens with one attached hydrogen (secondary N) is 1. The third-order valence-electron chi connectivity index (χ3n) is 3.36. The first-order chi connectivity index (χ1) is 10.8. The Morgan fingerprint density at radius 1 is 1.09 bits per heavy atom. The summed E-state index contributed by atoms with van der Waals surface area (Å²) in [5.41, 5.74) is 0.980. The van der Waals surface area contributed by atoms with Gasteiger partial charge in [-0.2, -0.15) is 0 Å². The van der Waals surface area contributed by atoms with Crippen LogP contribution in [0.3, 0.4) is 0 Å². The molecule has 7 heteroatoms. The fourth-order valence-corrected chi connectivity index (χ4v) is 3.03. The molecule has 0 aliphatic rings. The maximum atomic E-state index is 12.4. The molecule has 0 radical (unpaired) electrons.